The predicted molar refractivity (Wildman–Crippen MR) is 49.1 cm³/mol. The Labute approximate surface area is 78.3 Å². The van der Waals surface area contributed by atoms with E-state index in [1.165, 1.54) is 4.90 Å². The molecule has 1 heterocycles. The predicted octanol–water partition coefficient (Wildman–Crippen LogP) is 0.135. The van der Waals surface area contributed by atoms with Gasteiger partial charge in [0.2, 0.25) is 11.8 Å². The van der Waals surface area contributed by atoms with E-state index < -0.39 is 0 Å². The lowest BCUT2D eigenvalue weighted by Gasteiger charge is -2.24. The molecular formula is C9H16N2O2. The first-order valence-electron chi connectivity index (χ1n) is 4.73. The molecule has 4 nitrogen and oxygen atoms in total. The molecule has 1 fully saturated rings. The molecule has 0 bridgehead atoms. The molecule has 0 radical (unpaired) electrons. The Kier molecular flexibility index (Phi) is 3.89. The van der Waals surface area contributed by atoms with E-state index in [-0.39, 0.29) is 11.8 Å². The highest BCUT2D eigenvalue weighted by atomic mass is 16.2. The summed E-state index contributed by atoms with van der Waals surface area (Å²) in [5.74, 6) is -0.0142. The second kappa shape index (κ2) is 4.97. The molecule has 0 spiro atoms. The van der Waals surface area contributed by atoms with Gasteiger partial charge in [0.1, 0.15) is 0 Å². The molecule has 0 aromatic rings. The van der Waals surface area contributed by atoms with Crippen LogP contribution in [-0.4, -0.2) is 36.9 Å². The van der Waals surface area contributed by atoms with Crippen LogP contribution in [0.15, 0.2) is 0 Å². The Bertz CT molecular complexity index is 188. The molecule has 1 N–H and O–H groups in total. The van der Waals surface area contributed by atoms with E-state index in [4.69, 9.17) is 0 Å². The van der Waals surface area contributed by atoms with Gasteiger partial charge in [0.05, 0.1) is 0 Å². The van der Waals surface area contributed by atoms with Crippen molar-refractivity contribution in [3.63, 3.8) is 0 Å². The summed E-state index contributed by atoms with van der Waals surface area (Å²) in [6.45, 7) is 1.41. The van der Waals surface area contributed by atoms with Gasteiger partial charge in [0.15, 0.2) is 0 Å². The molecule has 0 aromatic carbocycles. The first-order valence-corrected chi connectivity index (χ1v) is 4.73. The SMILES string of the molecule is CNCCCN1C(=O)CCCC1=O. The monoisotopic (exact) mass is 184 g/mol. The third-order valence-electron chi connectivity index (χ3n) is 2.19. The Morgan fingerprint density at radius 1 is 1.31 bits per heavy atom. The fraction of sp³-hybridized carbons (Fsp3) is 0.778. The normalized spacial score (nSPS) is 18.1. The minimum absolute atomic E-state index is 0.00708. The maximum Gasteiger partial charge on any atom is 0.229 e. The topological polar surface area (TPSA) is 49.4 Å². The molecule has 0 atom stereocenters. The molecule has 0 aromatic heterocycles. The summed E-state index contributed by atoms with van der Waals surface area (Å²) in [6.07, 6.45) is 2.63. The summed E-state index contributed by atoms with van der Waals surface area (Å²) in [7, 11) is 1.86. The summed E-state index contributed by atoms with van der Waals surface area (Å²) in [5.41, 5.74) is 0. The van der Waals surface area contributed by atoms with E-state index in [0.29, 0.717) is 19.4 Å². The lowest BCUT2D eigenvalue weighted by molar-refractivity contribution is -0.147. The number of likely N-dealkylation sites (tertiary alicyclic amines) is 1. The molecule has 2 amide bonds. The van der Waals surface area contributed by atoms with Crippen molar-refractivity contribution in [2.75, 3.05) is 20.1 Å². The Morgan fingerprint density at radius 3 is 2.46 bits per heavy atom. The summed E-state index contributed by atoms with van der Waals surface area (Å²) in [5, 5.41) is 2.99. The number of carbonyl (C=O) groups is 2. The number of carbonyl (C=O) groups excluding carboxylic acids is 2. The molecule has 1 rings (SSSR count). The molecule has 0 unspecified atom stereocenters. The van der Waals surface area contributed by atoms with E-state index in [0.717, 1.165) is 19.4 Å². The van der Waals surface area contributed by atoms with Gasteiger partial charge in [-0.2, -0.15) is 0 Å². The van der Waals surface area contributed by atoms with Crippen LogP contribution in [0.25, 0.3) is 0 Å². The highest BCUT2D eigenvalue weighted by molar-refractivity contribution is 5.97. The average molecular weight is 184 g/mol. The smallest absolute Gasteiger partial charge is 0.229 e. The summed E-state index contributed by atoms with van der Waals surface area (Å²) < 4.78 is 0. The number of nitrogens with zero attached hydrogens (tertiary/aromatic N) is 1. The van der Waals surface area contributed by atoms with Gasteiger partial charge in [-0.05, 0) is 26.4 Å². The quantitative estimate of drug-likeness (QED) is 0.499. The molecule has 0 aliphatic carbocycles. The van der Waals surface area contributed by atoms with Crippen LogP contribution in [0.1, 0.15) is 25.7 Å². The lowest BCUT2D eigenvalue weighted by Crippen LogP contribution is -2.41. The number of hydrogen-bond acceptors (Lipinski definition) is 3. The number of imide groups is 1. The Morgan fingerprint density at radius 2 is 1.92 bits per heavy atom. The van der Waals surface area contributed by atoms with Gasteiger partial charge >= 0.3 is 0 Å². The molecule has 4 heteroatoms. The van der Waals surface area contributed by atoms with Crippen LogP contribution in [0.5, 0.6) is 0 Å². The van der Waals surface area contributed by atoms with Crippen molar-refractivity contribution in [1.82, 2.24) is 10.2 Å². The van der Waals surface area contributed by atoms with Crippen molar-refractivity contribution in [1.29, 1.82) is 0 Å². The van der Waals surface area contributed by atoms with E-state index in [9.17, 15) is 9.59 Å². The molecular weight excluding hydrogens is 168 g/mol. The van der Waals surface area contributed by atoms with Gasteiger partial charge in [-0.25, -0.2) is 0 Å². The first-order chi connectivity index (χ1) is 6.25. The standard InChI is InChI=1S/C9H16N2O2/c1-10-6-3-7-11-8(12)4-2-5-9(11)13/h10H,2-7H2,1H3. The highest BCUT2D eigenvalue weighted by Crippen LogP contribution is 2.11. The maximum atomic E-state index is 11.3. The van der Waals surface area contributed by atoms with Crippen LogP contribution in [0.4, 0.5) is 0 Å². The third kappa shape index (κ3) is 2.81. The summed E-state index contributed by atoms with van der Waals surface area (Å²) in [4.78, 5) is 24.0. The van der Waals surface area contributed by atoms with Gasteiger partial charge in [-0.1, -0.05) is 0 Å². The van der Waals surface area contributed by atoms with Gasteiger partial charge < -0.3 is 5.32 Å². The molecule has 1 aliphatic heterocycles. The minimum atomic E-state index is -0.00708. The summed E-state index contributed by atoms with van der Waals surface area (Å²) >= 11 is 0. The van der Waals surface area contributed by atoms with Gasteiger partial charge in [0, 0.05) is 19.4 Å². The Balaban J connectivity index is 2.35. The molecule has 1 saturated heterocycles. The maximum absolute atomic E-state index is 11.3. The van der Waals surface area contributed by atoms with Gasteiger partial charge in [-0.3, -0.25) is 14.5 Å². The molecule has 13 heavy (non-hydrogen) atoms. The van der Waals surface area contributed by atoms with E-state index in [2.05, 4.69) is 5.32 Å². The average Bonchev–Trinajstić information content (AvgIpc) is 2.10. The second-order valence-electron chi connectivity index (χ2n) is 3.25. The van der Waals surface area contributed by atoms with E-state index in [1.54, 1.807) is 0 Å². The van der Waals surface area contributed by atoms with Gasteiger partial charge in [0.25, 0.3) is 0 Å². The van der Waals surface area contributed by atoms with Crippen molar-refractivity contribution in [3.8, 4) is 0 Å². The zero-order valence-corrected chi connectivity index (χ0v) is 8.01. The molecule has 74 valence electrons. The Hall–Kier alpha value is -0.900. The van der Waals surface area contributed by atoms with E-state index in [1.807, 2.05) is 7.05 Å². The number of piperidine rings is 1. The highest BCUT2D eigenvalue weighted by Gasteiger charge is 2.24. The van der Waals surface area contributed by atoms with Crippen LogP contribution < -0.4 is 5.32 Å². The first kappa shape index (κ1) is 10.2. The zero-order chi connectivity index (χ0) is 9.68. The van der Waals surface area contributed by atoms with Crippen molar-refractivity contribution >= 4 is 11.8 Å². The molecule has 0 saturated carbocycles. The molecule has 1 aliphatic rings. The van der Waals surface area contributed by atoms with Crippen molar-refractivity contribution in [3.05, 3.63) is 0 Å². The van der Waals surface area contributed by atoms with Crippen molar-refractivity contribution < 1.29 is 9.59 Å². The van der Waals surface area contributed by atoms with Crippen LogP contribution in [0.2, 0.25) is 0 Å². The lowest BCUT2D eigenvalue weighted by atomic mass is 10.1. The third-order valence-corrected chi connectivity index (χ3v) is 2.19. The second-order valence-corrected chi connectivity index (χ2v) is 3.25. The zero-order valence-electron chi connectivity index (χ0n) is 8.01. The summed E-state index contributed by atoms with van der Waals surface area (Å²) in [6, 6.07) is 0. The fourth-order valence-electron chi connectivity index (χ4n) is 1.46. The number of nitrogens with one attached hydrogen (secondary N) is 1. The minimum Gasteiger partial charge on any atom is -0.320 e. The van der Waals surface area contributed by atoms with Crippen LogP contribution in [0.3, 0.4) is 0 Å². The number of hydrogen-bond donors (Lipinski definition) is 1. The van der Waals surface area contributed by atoms with Crippen molar-refractivity contribution in [2.45, 2.75) is 25.7 Å². The largest absolute Gasteiger partial charge is 0.320 e. The van der Waals surface area contributed by atoms with Gasteiger partial charge in [-0.15, -0.1) is 0 Å². The van der Waals surface area contributed by atoms with Crippen LogP contribution in [0, 0.1) is 0 Å². The van der Waals surface area contributed by atoms with E-state index >= 15 is 0 Å². The number of rotatable bonds is 4. The fourth-order valence-corrected chi connectivity index (χ4v) is 1.46. The number of amides is 2. The van der Waals surface area contributed by atoms with Crippen LogP contribution in [-0.2, 0) is 9.59 Å². The van der Waals surface area contributed by atoms with Crippen LogP contribution >= 0.6 is 0 Å². The van der Waals surface area contributed by atoms with Crippen molar-refractivity contribution in [2.24, 2.45) is 0 Å².